The van der Waals surface area contributed by atoms with E-state index in [9.17, 15) is 4.39 Å². The Labute approximate surface area is 259 Å². The second-order valence-corrected chi connectivity index (χ2v) is 12.8. The van der Waals surface area contributed by atoms with E-state index in [-0.39, 0.29) is 5.82 Å². The molecule has 0 aliphatic heterocycles. The van der Waals surface area contributed by atoms with Gasteiger partial charge in [0.2, 0.25) is 0 Å². The fraction of sp³-hybridized carbons (Fsp3) is 0.167. The molecule has 7 aromatic rings. The first-order valence-electron chi connectivity index (χ1n) is 14.2. The van der Waals surface area contributed by atoms with Crippen molar-refractivity contribution in [3.05, 3.63) is 130 Å². The number of hydrogen-bond donors (Lipinski definition) is 2. The highest BCUT2D eigenvalue weighted by molar-refractivity contribution is 7.98. The first kappa shape index (κ1) is 29.0. The van der Waals surface area contributed by atoms with Crippen LogP contribution in [-0.2, 0) is 11.5 Å². The van der Waals surface area contributed by atoms with Crippen LogP contribution in [0, 0.1) is 33.5 Å². The monoisotopic (exact) mass is 604 g/mol. The Hall–Kier alpha value is -4.07. The number of rotatable bonds is 6. The fourth-order valence-electron chi connectivity index (χ4n) is 4.89. The van der Waals surface area contributed by atoms with Crippen molar-refractivity contribution in [1.82, 2.24) is 19.9 Å². The SMILES string of the molecule is Cc1cc2nc(SCc3ccc4ccccc4c3)[nH]c2cc1C.Cc1cc2nc(SCc3cccc(F)c3)[nH]c2cc1C. The van der Waals surface area contributed by atoms with Crippen LogP contribution in [0.2, 0.25) is 0 Å². The number of nitrogens with zero attached hydrogens (tertiary/aromatic N) is 2. The van der Waals surface area contributed by atoms with Gasteiger partial charge < -0.3 is 9.97 Å². The third kappa shape index (κ3) is 6.95. The Kier molecular flexibility index (Phi) is 8.54. The van der Waals surface area contributed by atoms with Crippen LogP contribution in [0.25, 0.3) is 32.8 Å². The molecule has 216 valence electrons. The first-order chi connectivity index (χ1) is 20.8. The largest absolute Gasteiger partial charge is 0.333 e. The molecule has 0 saturated carbocycles. The van der Waals surface area contributed by atoms with Gasteiger partial charge in [-0.1, -0.05) is 78.1 Å². The van der Waals surface area contributed by atoms with Gasteiger partial charge in [0.15, 0.2) is 10.3 Å². The predicted octanol–water partition coefficient (Wildman–Crippen LogP) is 10.2. The number of aromatic amines is 2. The number of benzene rings is 5. The molecule has 2 aromatic heterocycles. The van der Waals surface area contributed by atoms with Gasteiger partial charge in [-0.15, -0.1) is 0 Å². The molecule has 2 N–H and O–H groups in total. The van der Waals surface area contributed by atoms with E-state index in [1.54, 1.807) is 35.7 Å². The van der Waals surface area contributed by atoms with Gasteiger partial charge in [0, 0.05) is 11.5 Å². The summed E-state index contributed by atoms with van der Waals surface area (Å²) < 4.78 is 13.1. The van der Waals surface area contributed by atoms with E-state index >= 15 is 0 Å². The van der Waals surface area contributed by atoms with Crippen LogP contribution in [0.1, 0.15) is 33.4 Å². The molecular weight excluding hydrogens is 572 g/mol. The Bertz CT molecular complexity index is 1980. The highest BCUT2D eigenvalue weighted by atomic mass is 32.2. The predicted molar refractivity (Wildman–Crippen MR) is 181 cm³/mol. The number of nitrogens with one attached hydrogen (secondary N) is 2. The quantitative estimate of drug-likeness (QED) is 0.185. The molecule has 0 saturated heterocycles. The summed E-state index contributed by atoms with van der Waals surface area (Å²) in [5, 5.41) is 4.44. The molecule has 0 unspecified atom stereocenters. The van der Waals surface area contributed by atoms with Gasteiger partial charge in [-0.3, -0.25) is 0 Å². The Balaban J connectivity index is 0.000000155. The summed E-state index contributed by atoms with van der Waals surface area (Å²) in [6.07, 6.45) is 0. The van der Waals surface area contributed by atoms with E-state index < -0.39 is 0 Å². The van der Waals surface area contributed by atoms with Crippen LogP contribution in [0.5, 0.6) is 0 Å². The van der Waals surface area contributed by atoms with Crippen LogP contribution in [0.4, 0.5) is 4.39 Å². The lowest BCUT2D eigenvalue weighted by atomic mass is 10.1. The van der Waals surface area contributed by atoms with Gasteiger partial charge in [0.25, 0.3) is 0 Å². The van der Waals surface area contributed by atoms with Crippen molar-refractivity contribution in [3.8, 4) is 0 Å². The lowest BCUT2D eigenvalue weighted by Gasteiger charge is -2.02. The number of imidazole rings is 2. The molecule has 0 bridgehead atoms. The number of halogens is 1. The molecule has 0 aliphatic rings. The van der Waals surface area contributed by atoms with Crippen LogP contribution in [0.3, 0.4) is 0 Å². The second kappa shape index (κ2) is 12.7. The number of aromatic nitrogens is 4. The van der Waals surface area contributed by atoms with Gasteiger partial charge in [-0.05, 0) is 108 Å². The summed E-state index contributed by atoms with van der Waals surface area (Å²) in [5.41, 5.74) is 11.6. The molecule has 4 nitrogen and oxygen atoms in total. The van der Waals surface area contributed by atoms with Gasteiger partial charge in [-0.2, -0.15) is 0 Å². The van der Waals surface area contributed by atoms with Crippen molar-refractivity contribution >= 4 is 56.4 Å². The molecule has 7 rings (SSSR count). The van der Waals surface area contributed by atoms with Gasteiger partial charge in [0.1, 0.15) is 5.82 Å². The van der Waals surface area contributed by atoms with Gasteiger partial charge in [0.05, 0.1) is 22.1 Å². The third-order valence-corrected chi connectivity index (χ3v) is 9.49. The second-order valence-electron chi connectivity index (χ2n) is 10.9. The standard InChI is InChI=1S/C20H18N2S.C16H15FN2S/c1-13-9-18-19(10-14(13)2)22-20(21-18)23-12-15-7-8-16-5-3-4-6-17(16)11-15;1-10-6-14-15(7-11(10)2)19-16(18-14)20-9-12-4-3-5-13(17)8-12/h3-11H,12H2,1-2H3,(H,21,22);3-8H,9H2,1-2H3,(H,18,19). The summed E-state index contributed by atoms with van der Waals surface area (Å²) >= 11 is 3.34. The molecule has 7 heteroatoms. The zero-order valence-electron chi connectivity index (χ0n) is 24.7. The molecule has 0 atom stereocenters. The number of H-pyrrole nitrogens is 2. The lowest BCUT2D eigenvalue weighted by Crippen LogP contribution is -1.83. The molecule has 0 aliphatic carbocycles. The van der Waals surface area contributed by atoms with Crippen LogP contribution < -0.4 is 0 Å². The lowest BCUT2D eigenvalue weighted by molar-refractivity contribution is 0.626. The van der Waals surface area contributed by atoms with Crippen molar-refractivity contribution < 1.29 is 4.39 Å². The highest BCUT2D eigenvalue weighted by Crippen LogP contribution is 2.27. The minimum Gasteiger partial charge on any atom is -0.333 e. The molecule has 43 heavy (non-hydrogen) atoms. The van der Waals surface area contributed by atoms with Crippen molar-refractivity contribution in [1.29, 1.82) is 0 Å². The van der Waals surface area contributed by atoms with Crippen LogP contribution in [-0.4, -0.2) is 19.9 Å². The molecule has 0 spiro atoms. The van der Waals surface area contributed by atoms with Crippen molar-refractivity contribution in [3.63, 3.8) is 0 Å². The minimum absolute atomic E-state index is 0.195. The Morgan fingerprint density at radius 1 is 0.558 bits per heavy atom. The van der Waals surface area contributed by atoms with Crippen molar-refractivity contribution in [2.75, 3.05) is 0 Å². The Morgan fingerprint density at radius 3 is 1.67 bits per heavy atom. The summed E-state index contributed by atoms with van der Waals surface area (Å²) in [6, 6.07) is 30.3. The first-order valence-corrected chi connectivity index (χ1v) is 16.2. The summed E-state index contributed by atoms with van der Waals surface area (Å²) in [4.78, 5) is 16.0. The minimum atomic E-state index is -0.195. The van der Waals surface area contributed by atoms with Crippen LogP contribution >= 0.6 is 23.5 Å². The zero-order chi connectivity index (χ0) is 29.9. The highest BCUT2D eigenvalue weighted by Gasteiger charge is 2.08. The van der Waals surface area contributed by atoms with E-state index in [1.165, 1.54) is 44.7 Å². The maximum Gasteiger partial charge on any atom is 0.166 e. The smallest absolute Gasteiger partial charge is 0.166 e. The maximum absolute atomic E-state index is 13.1. The van der Waals surface area contributed by atoms with Gasteiger partial charge in [-0.25, -0.2) is 14.4 Å². The number of thioether (sulfide) groups is 2. The van der Waals surface area contributed by atoms with E-state index in [2.05, 4.69) is 109 Å². The maximum atomic E-state index is 13.1. The molecular formula is C36H33FN4S2. The molecule has 5 aromatic carbocycles. The number of aryl methyl sites for hydroxylation is 4. The summed E-state index contributed by atoms with van der Waals surface area (Å²) in [7, 11) is 0. The van der Waals surface area contributed by atoms with E-state index in [1.807, 2.05) is 6.07 Å². The zero-order valence-corrected chi connectivity index (χ0v) is 26.3. The van der Waals surface area contributed by atoms with E-state index in [0.29, 0.717) is 5.75 Å². The summed E-state index contributed by atoms with van der Waals surface area (Å²) in [5.74, 6) is 1.43. The molecule has 2 heterocycles. The van der Waals surface area contributed by atoms with Crippen LogP contribution in [0.15, 0.2) is 101 Å². The summed E-state index contributed by atoms with van der Waals surface area (Å²) in [6.45, 7) is 8.45. The van der Waals surface area contributed by atoms with Crippen molar-refractivity contribution in [2.45, 2.75) is 49.5 Å². The third-order valence-electron chi connectivity index (χ3n) is 7.61. The molecule has 0 radical (unpaired) electrons. The van der Waals surface area contributed by atoms with Gasteiger partial charge >= 0.3 is 0 Å². The van der Waals surface area contributed by atoms with E-state index in [0.717, 1.165) is 43.7 Å². The number of hydrogen-bond acceptors (Lipinski definition) is 4. The normalized spacial score (nSPS) is 11.3. The average Bonchev–Trinajstić information content (AvgIpc) is 3.58. The van der Waals surface area contributed by atoms with Crippen molar-refractivity contribution in [2.24, 2.45) is 0 Å². The Morgan fingerprint density at radius 2 is 1.09 bits per heavy atom. The average molecular weight is 605 g/mol. The van der Waals surface area contributed by atoms with E-state index in [4.69, 9.17) is 4.98 Å². The molecule has 0 fully saturated rings. The topological polar surface area (TPSA) is 57.4 Å². The number of fused-ring (bicyclic) bond motifs is 3. The fourth-order valence-corrected chi connectivity index (χ4v) is 6.54. The molecule has 0 amide bonds.